The van der Waals surface area contributed by atoms with Gasteiger partial charge in [0, 0.05) is 34.5 Å². The number of methoxy groups -OCH3 is 1. The second kappa shape index (κ2) is 13.9. The van der Waals surface area contributed by atoms with Gasteiger partial charge in [-0.05, 0) is 37.3 Å². The number of aryl methyl sites for hydroxylation is 1. The summed E-state index contributed by atoms with van der Waals surface area (Å²) in [5, 5.41) is 0. The fourth-order valence-electron chi connectivity index (χ4n) is 2.92. The van der Waals surface area contributed by atoms with E-state index in [-0.39, 0.29) is 5.97 Å². The molecule has 4 rings (SSSR count). The summed E-state index contributed by atoms with van der Waals surface area (Å²) in [6, 6.07) is 12.1. The smallest absolute Gasteiger partial charge is 0.305 e. The number of halogens is 1. The number of carbonyl (C=O) groups is 1. The topological polar surface area (TPSA) is 69.4 Å². The summed E-state index contributed by atoms with van der Waals surface area (Å²) >= 11 is 3.56. The van der Waals surface area contributed by atoms with E-state index in [2.05, 4.69) is 67.1 Å². The van der Waals surface area contributed by atoms with Crippen LogP contribution in [0.15, 0.2) is 58.3 Å². The van der Waals surface area contributed by atoms with Crippen LogP contribution in [-0.4, -0.2) is 33.3 Å². The zero-order chi connectivity index (χ0) is 24.1. The minimum atomic E-state index is -0.157. The zero-order valence-corrected chi connectivity index (χ0v) is 20.8. The molecule has 0 atom stereocenters. The lowest BCUT2D eigenvalue weighted by Crippen LogP contribution is -2.09. The van der Waals surface area contributed by atoms with Crippen molar-refractivity contribution in [3.8, 4) is 18.5 Å². The van der Waals surface area contributed by atoms with Gasteiger partial charge in [-0.25, -0.2) is 4.98 Å². The standard InChI is InChI=1S/C17H13BrN4.C4H8O2.C2H6.C2H2/c1-11-9-20-16-10-21-17(14-4-2-3-7-19-14)13-8-12(18)5-6-15(13)22(11)16;1-3-4(5)6-2;2*1-2/h2-9H,10H2,1H3;3H2,1-2H3;1-2H3;1-2H. The monoisotopic (exact) mass is 496 g/mol. The summed E-state index contributed by atoms with van der Waals surface area (Å²) in [4.78, 5) is 23.7. The van der Waals surface area contributed by atoms with Crippen molar-refractivity contribution < 1.29 is 9.53 Å². The Morgan fingerprint density at radius 3 is 2.47 bits per heavy atom. The number of carbonyl (C=O) groups excluding carboxylic acids is 1. The van der Waals surface area contributed by atoms with Crippen molar-refractivity contribution in [1.29, 1.82) is 0 Å². The number of hydrogen-bond donors (Lipinski definition) is 0. The number of hydrogen-bond acceptors (Lipinski definition) is 5. The molecule has 3 aromatic rings. The lowest BCUT2D eigenvalue weighted by atomic mass is 10.0. The highest BCUT2D eigenvalue weighted by atomic mass is 79.9. The normalized spacial score (nSPS) is 10.7. The van der Waals surface area contributed by atoms with E-state index in [1.54, 1.807) is 13.1 Å². The molecule has 3 heterocycles. The Morgan fingerprint density at radius 1 is 1.19 bits per heavy atom. The van der Waals surface area contributed by atoms with Crippen molar-refractivity contribution in [1.82, 2.24) is 14.5 Å². The SMILES string of the molecule is C#C.CC.CCC(=O)OC.Cc1cnc2n1-c1ccc(Br)cc1C(c1ccccn1)=NC2. The van der Waals surface area contributed by atoms with E-state index in [4.69, 9.17) is 4.99 Å². The molecule has 32 heavy (non-hydrogen) atoms. The highest BCUT2D eigenvalue weighted by molar-refractivity contribution is 9.10. The predicted molar refractivity (Wildman–Crippen MR) is 133 cm³/mol. The third kappa shape index (κ3) is 6.63. The molecular weight excluding hydrogens is 468 g/mol. The van der Waals surface area contributed by atoms with Crippen LogP contribution in [0.3, 0.4) is 0 Å². The lowest BCUT2D eigenvalue weighted by molar-refractivity contribution is -0.140. The Balaban J connectivity index is 0.000000441. The van der Waals surface area contributed by atoms with Gasteiger partial charge in [-0.15, -0.1) is 12.8 Å². The summed E-state index contributed by atoms with van der Waals surface area (Å²) in [7, 11) is 1.38. The van der Waals surface area contributed by atoms with Crippen molar-refractivity contribution in [2.75, 3.05) is 7.11 Å². The molecule has 0 saturated carbocycles. The molecule has 168 valence electrons. The molecule has 6 nitrogen and oxygen atoms in total. The number of rotatable bonds is 2. The molecule has 0 bridgehead atoms. The average molecular weight is 497 g/mol. The molecule has 0 fully saturated rings. The largest absolute Gasteiger partial charge is 0.469 e. The number of imidazole rings is 1. The molecule has 2 aromatic heterocycles. The molecule has 1 aliphatic heterocycles. The van der Waals surface area contributed by atoms with Crippen molar-refractivity contribution in [3.05, 3.63) is 76.0 Å². The second-order valence-electron chi connectivity index (χ2n) is 6.12. The maximum atomic E-state index is 9.96. The minimum Gasteiger partial charge on any atom is -0.469 e. The van der Waals surface area contributed by atoms with E-state index >= 15 is 0 Å². The van der Waals surface area contributed by atoms with Gasteiger partial charge in [0.1, 0.15) is 5.82 Å². The summed E-state index contributed by atoms with van der Waals surface area (Å²) in [6.45, 7) is 8.37. The molecule has 1 aromatic carbocycles. The van der Waals surface area contributed by atoms with E-state index in [9.17, 15) is 4.79 Å². The van der Waals surface area contributed by atoms with Crippen LogP contribution in [0.2, 0.25) is 0 Å². The van der Waals surface area contributed by atoms with Crippen LogP contribution in [-0.2, 0) is 16.1 Å². The fraction of sp³-hybridized carbons (Fsp3) is 0.280. The first-order valence-electron chi connectivity index (χ1n) is 10.2. The Labute approximate surface area is 198 Å². The molecule has 1 aliphatic rings. The Hall–Kier alpha value is -3.24. The van der Waals surface area contributed by atoms with Gasteiger partial charge >= 0.3 is 5.97 Å². The maximum absolute atomic E-state index is 9.96. The molecule has 0 aliphatic carbocycles. The number of ether oxygens (including phenoxy) is 1. The van der Waals surface area contributed by atoms with E-state index in [0.717, 1.165) is 38.6 Å². The Bertz CT molecular complexity index is 1050. The van der Waals surface area contributed by atoms with Gasteiger partial charge in [-0.2, -0.15) is 0 Å². The van der Waals surface area contributed by atoms with Gasteiger partial charge < -0.3 is 4.74 Å². The van der Waals surface area contributed by atoms with Gasteiger partial charge in [-0.1, -0.05) is 42.8 Å². The third-order valence-electron chi connectivity index (χ3n) is 4.27. The van der Waals surface area contributed by atoms with E-state index in [1.807, 2.05) is 44.3 Å². The maximum Gasteiger partial charge on any atom is 0.305 e. The molecule has 0 saturated heterocycles. The van der Waals surface area contributed by atoms with Crippen LogP contribution < -0.4 is 0 Å². The van der Waals surface area contributed by atoms with Gasteiger partial charge in [0.15, 0.2) is 0 Å². The first-order valence-corrected chi connectivity index (χ1v) is 11.0. The first-order chi connectivity index (χ1) is 15.5. The first kappa shape index (κ1) is 26.8. The number of nitrogens with zero attached hydrogens (tertiary/aromatic N) is 4. The summed E-state index contributed by atoms with van der Waals surface area (Å²) < 4.78 is 7.45. The second-order valence-corrected chi connectivity index (χ2v) is 7.04. The Kier molecular flexibility index (Phi) is 11.7. The van der Waals surface area contributed by atoms with E-state index in [1.165, 1.54) is 7.11 Å². The molecule has 7 heteroatoms. The number of terminal acetylenes is 1. The number of pyridine rings is 1. The number of esters is 1. The zero-order valence-electron chi connectivity index (χ0n) is 19.2. The van der Waals surface area contributed by atoms with Crippen LogP contribution in [0.4, 0.5) is 0 Å². The molecule has 0 radical (unpaired) electrons. The van der Waals surface area contributed by atoms with E-state index in [0.29, 0.717) is 13.0 Å². The quantitative estimate of drug-likeness (QED) is 0.345. The van der Waals surface area contributed by atoms with Crippen LogP contribution in [0.1, 0.15) is 50.0 Å². The number of benzene rings is 1. The van der Waals surface area contributed by atoms with Crippen molar-refractivity contribution >= 4 is 27.6 Å². The van der Waals surface area contributed by atoms with Crippen molar-refractivity contribution in [2.45, 2.75) is 40.7 Å². The average Bonchev–Trinajstić information content (AvgIpc) is 3.13. The summed E-state index contributed by atoms with van der Waals surface area (Å²) in [6.07, 6.45) is 12.2. The molecule has 0 N–H and O–H groups in total. The van der Waals surface area contributed by atoms with Gasteiger partial charge in [0.2, 0.25) is 0 Å². The Morgan fingerprint density at radius 2 is 1.91 bits per heavy atom. The number of aliphatic imine (C=N–C) groups is 1. The van der Waals surface area contributed by atoms with Gasteiger partial charge in [0.25, 0.3) is 0 Å². The third-order valence-corrected chi connectivity index (χ3v) is 4.76. The number of fused-ring (bicyclic) bond motifs is 3. The summed E-state index contributed by atoms with van der Waals surface area (Å²) in [5.41, 5.74) is 5.05. The van der Waals surface area contributed by atoms with Crippen LogP contribution >= 0.6 is 15.9 Å². The molecule has 0 unspecified atom stereocenters. The molecular formula is C25H29BrN4O2. The van der Waals surface area contributed by atoms with Crippen LogP contribution in [0.25, 0.3) is 5.69 Å². The van der Waals surface area contributed by atoms with Crippen LogP contribution in [0.5, 0.6) is 0 Å². The minimum absolute atomic E-state index is 0.157. The summed E-state index contributed by atoms with van der Waals surface area (Å²) in [5.74, 6) is 0.794. The number of aromatic nitrogens is 3. The van der Waals surface area contributed by atoms with Gasteiger partial charge in [-0.3, -0.25) is 19.3 Å². The van der Waals surface area contributed by atoms with Crippen molar-refractivity contribution in [2.24, 2.45) is 4.99 Å². The fourth-order valence-corrected chi connectivity index (χ4v) is 3.28. The van der Waals surface area contributed by atoms with Crippen molar-refractivity contribution in [3.63, 3.8) is 0 Å². The van der Waals surface area contributed by atoms with E-state index < -0.39 is 0 Å². The predicted octanol–water partition coefficient (Wildman–Crippen LogP) is 5.53. The molecule has 0 spiro atoms. The molecule has 0 amide bonds. The van der Waals surface area contributed by atoms with Crippen LogP contribution in [0, 0.1) is 19.8 Å². The highest BCUT2D eigenvalue weighted by Crippen LogP contribution is 2.28. The highest BCUT2D eigenvalue weighted by Gasteiger charge is 2.21. The van der Waals surface area contributed by atoms with Gasteiger partial charge in [0.05, 0.1) is 30.7 Å². The lowest BCUT2D eigenvalue weighted by Gasteiger charge is -2.13.